The topological polar surface area (TPSA) is 38.9 Å². The average molecular weight is 300 g/mol. The lowest BCUT2D eigenvalue weighted by atomic mass is 9.76. The van der Waals surface area contributed by atoms with Gasteiger partial charge >= 0.3 is 0 Å². The molecule has 0 bridgehead atoms. The van der Waals surface area contributed by atoms with Crippen LogP contribution in [0.4, 0.5) is 4.39 Å². The van der Waals surface area contributed by atoms with Crippen molar-refractivity contribution < 1.29 is 4.39 Å². The van der Waals surface area contributed by atoms with Gasteiger partial charge in [0.05, 0.1) is 5.52 Å². The first-order chi connectivity index (χ1) is 10.7. The average Bonchev–Trinajstić information content (AvgIpc) is 2.55. The van der Waals surface area contributed by atoms with E-state index < -0.39 is 0 Å². The molecule has 0 radical (unpaired) electrons. The number of nitrogens with two attached hydrogens (primary N) is 1. The summed E-state index contributed by atoms with van der Waals surface area (Å²) in [5.41, 5.74) is 8.25. The molecule has 118 valence electrons. The van der Waals surface area contributed by atoms with Gasteiger partial charge in [-0.25, -0.2) is 4.39 Å². The molecule has 0 saturated heterocycles. The SMILES string of the molecule is CC[C@@H](N)CC1CCC(c2ccnc3ccc(F)cc23)CC1. The molecule has 0 spiro atoms. The van der Waals surface area contributed by atoms with Gasteiger partial charge in [0.25, 0.3) is 0 Å². The number of fused-ring (bicyclic) bond motifs is 1. The van der Waals surface area contributed by atoms with Crippen LogP contribution in [0.2, 0.25) is 0 Å². The predicted octanol–water partition coefficient (Wildman–Crippen LogP) is 4.78. The fourth-order valence-corrected chi connectivity index (χ4v) is 3.80. The van der Waals surface area contributed by atoms with E-state index in [2.05, 4.69) is 18.0 Å². The Morgan fingerprint density at radius 2 is 2.00 bits per heavy atom. The van der Waals surface area contributed by atoms with Crippen LogP contribution in [0.25, 0.3) is 10.9 Å². The third-order valence-electron chi connectivity index (χ3n) is 5.18. The molecule has 1 heterocycles. The molecule has 2 nitrogen and oxygen atoms in total. The van der Waals surface area contributed by atoms with E-state index in [0.717, 1.165) is 29.7 Å². The summed E-state index contributed by atoms with van der Waals surface area (Å²) in [5.74, 6) is 1.11. The second kappa shape index (κ2) is 6.74. The predicted molar refractivity (Wildman–Crippen MR) is 89.3 cm³/mol. The summed E-state index contributed by atoms with van der Waals surface area (Å²) >= 11 is 0. The highest BCUT2D eigenvalue weighted by atomic mass is 19.1. The normalized spacial score (nSPS) is 23.6. The molecule has 0 unspecified atom stereocenters. The first-order valence-corrected chi connectivity index (χ1v) is 8.47. The van der Waals surface area contributed by atoms with Crippen LogP contribution in [0, 0.1) is 11.7 Å². The van der Waals surface area contributed by atoms with Gasteiger partial charge in [0.2, 0.25) is 0 Å². The van der Waals surface area contributed by atoms with Gasteiger partial charge in [0.15, 0.2) is 0 Å². The lowest BCUT2D eigenvalue weighted by Gasteiger charge is -2.30. The second-order valence-electron chi connectivity index (χ2n) is 6.68. The summed E-state index contributed by atoms with van der Waals surface area (Å²) in [4.78, 5) is 4.36. The molecule has 1 aromatic carbocycles. The second-order valence-corrected chi connectivity index (χ2v) is 6.68. The van der Waals surface area contributed by atoms with Crippen molar-refractivity contribution in [2.45, 2.75) is 57.4 Å². The van der Waals surface area contributed by atoms with E-state index >= 15 is 0 Å². The Balaban J connectivity index is 1.75. The third-order valence-corrected chi connectivity index (χ3v) is 5.18. The van der Waals surface area contributed by atoms with Crippen molar-refractivity contribution in [1.29, 1.82) is 0 Å². The fourth-order valence-electron chi connectivity index (χ4n) is 3.80. The number of benzene rings is 1. The number of rotatable bonds is 4. The van der Waals surface area contributed by atoms with Crippen molar-refractivity contribution in [1.82, 2.24) is 4.98 Å². The maximum atomic E-state index is 13.6. The molecule has 22 heavy (non-hydrogen) atoms. The van der Waals surface area contributed by atoms with E-state index in [1.54, 1.807) is 12.1 Å². The van der Waals surface area contributed by atoms with Crippen LogP contribution in [0.5, 0.6) is 0 Å². The first kappa shape index (κ1) is 15.4. The Morgan fingerprint density at radius 1 is 1.23 bits per heavy atom. The van der Waals surface area contributed by atoms with Crippen LogP contribution in [0.3, 0.4) is 0 Å². The van der Waals surface area contributed by atoms with E-state index in [1.807, 2.05) is 6.20 Å². The minimum absolute atomic E-state index is 0.177. The highest BCUT2D eigenvalue weighted by Gasteiger charge is 2.24. The van der Waals surface area contributed by atoms with E-state index in [4.69, 9.17) is 5.73 Å². The molecule has 3 heteroatoms. The molecule has 1 aromatic heterocycles. The molecular formula is C19H25FN2. The van der Waals surface area contributed by atoms with E-state index in [9.17, 15) is 4.39 Å². The molecule has 1 fully saturated rings. The Labute approximate surface area is 131 Å². The van der Waals surface area contributed by atoms with Crippen molar-refractivity contribution in [3.8, 4) is 0 Å². The van der Waals surface area contributed by atoms with Crippen molar-refractivity contribution >= 4 is 10.9 Å². The van der Waals surface area contributed by atoms with Crippen LogP contribution < -0.4 is 5.73 Å². The Morgan fingerprint density at radius 3 is 2.73 bits per heavy atom. The summed E-state index contributed by atoms with van der Waals surface area (Å²) in [7, 11) is 0. The molecule has 3 rings (SSSR count). The summed E-state index contributed by atoms with van der Waals surface area (Å²) in [5, 5.41) is 0.983. The Hall–Kier alpha value is -1.48. The van der Waals surface area contributed by atoms with Crippen molar-refractivity contribution in [2.75, 3.05) is 0 Å². The summed E-state index contributed by atoms with van der Waals surface area (Å²) in [6.45, 7) is 2.16. The number of nitrogens with zero attached hydrogens (tertiary/aromatic N) is 1. The van der Waals surface area contributed by atoms with E-state index in [1.165, 1.54) is 37.3 Å². The minimum Gasteiger partial charge on any atom is -0.328 e. The van der Waals surface area contributed by atoms with Gasteiger partial charge in [-0.05, 0) is 80.2 Å². The van der Waals surface area contributed by atoms with Crippen molar-refractivity contribution in [2.24, 2.45) is 11.7 Å². The molecule has 2 aromatic rings. The number of aromatic nitrogens is 1. The van der Waals surface area contributed by atoms with Crippen LogP contribution in [-0.4, -0.2) is 11.0 Å². The fraction of sp³-hybridized carbons (Fsp3) is 0.526. The quantitative estimate of drug-likeness (QED) is 0.883. The van der Waals surface area contributed by atoms with Crippen LogP contribution in [0.1, 0.15) is 56.9 Å². The van der Waals surface area contributed by atoms with Gasteiger partial charge in [-0.1, -0.05) is 6.92 Å². The van der Waals surface area contributed by atoms with Gasteiger partial charge in [-0.15, -0.1) is 0 Å². The zero-order valence-electron chi connectivity index (χ0n) is 13.3. The van der Waals surface area contributed by atoms with E-state index in [0.29, 0.717) is 12.0 Å². The smallest absolute Gasteiger partial charge is 0.123 e. The zero-order chi connectivity index (χ0) is 15.5. The number of hydrogen-bond donors (Lipinski definition) is 1. The lowest BCUT2D eigenvalue weighted by Crippen LogP contribution is -2.25. The number of hydrogen-bond acceptors (Lipinski definition) is 2. The van der Waals surface area contributed by atoms with Crippen LogP contribution in [-0.2, 0) is 0 Å². The third kappa shape index (κ3) is 3.30. The number of pyridine rings is 1. The molecule has 1 atom stereocenters. The monoisotopic (exact) mass is 300 g/mol. The molecule has 1 aliphatic rings. The van der Waals surface area contributed by atoms with Gasteiger partial charge in [0.1, 0.15) is 5.82 Å². The molecular weight excluding hydrogens is 275 g/mol. The highest BCUT2D eigenvalue weighted by Crippen LogP contribution is 2.39. The molecule has 2 N–H and O–H groups in total. The minimum atomic E-state index is -0.177. The summed E-state index contributed by atoms with van der Waals surface area (Å²) in [6.07, 6.45) is 8.89. The van der Waals surface area contributed by atoms with Crippen LogP contribution in [0.15, 0.2) is 30.5 Å². The molecule has 1 aliphatic carbocycles. The van der Waals surface area contributed by atoms with Gasteiger partial charge in [-0.2, -0.15) is 0 Å². The van der Waals surface area contributed by atoms with E-state index in [-0.39, 0.29) is 5.82 Å². The van der Waals surface area contributed by atoms with Gasteiger partial charge < -0.3 is 5.73 Å². The highest BCUT2D eigenvalue weighted by molar-refractivity contribution is 5.82. The molecule has 0 amide bonds. The van der Waals surface area contributed by atoms with Crippen molar-refractivity contribution in [3.05, 3.63) is 41.8 Å². The lowest BCUT2D eigenvalue weighted by molar-refractivity contribution is 0.292. The zero-order valence-corrected chi connectivity index (χ0v) is 13.3. The van der Waals surface area contributed by atoms with Gasteiger partial charge in [0, 0.05) is 17.6 Å². The Bertz CT molecular complexity index is 632. The number of halogens is 1. The Kier molecular flexibility index (Phi) is 4.72. The van der Waals surface area contributed by atoms with Crippen molar-refractivity contribution in [3.63, 3.8) is 0 Å². The maximum absolute atomic E-state index is 13.6. The van der Waals surface area contributed by atoms with Crippen LogP contribution >= 0.6 is 0 Å². The van der Waals surface area contributed by atoms with Gasteiger partial charge in [-0.3, -0.25) is 4.98 Å². The molecule has 1 saturated carbocycles. The largest absolute Gasteiger partial charge is 0.328 e. The first-order valence-electron chi connectivity index (χ1n) is 8.47. The summed E-state index contributed by atoms with van der Waals surface area (Å²) < 4.78 is 13.6. The maximum Gasteiger partial charge on any atom is 0.123 e. The summed E-state index contributed by atoms with van der Waals surface area (Å²) in [6, 6.07) is 7.32. The standard InChI is InChI=1S/C19H25FN2/c1-2-16(21)11-13-3-5-14(6-4-13)17-9-10-22-19-8-7-15(20)12-18(17)19/h7-10,12-14,16H,2-6,11,21H2,1H3/t13?,14?,16-/m1/s1. The molecule has 0 aliphatic heterocycles.